The van der Waals surface area contributed by atoms with Gasteiger partial charge >= 0.3 is 0 Å². The van der Waals surface area contributed by atoms with E-state index in [4.69, 9.17) is 9.98 Å². The lowest BCUT2D eigenvalue weighted by atomic mass is 10.2. The molecule has 0 aromatic carbocycles. The van der Waals surface area contributed by atoms with Crippen LogP contribution in [0.15, 0.2) is 35.6 Å². The van der Waals surface area contributed by atoms with Crippen molar-refractivity contribution in [3.8, 4) is 0 Å². The van der Waals surface area contributed by atoms with Crippen molar-refractivity contribution in [2.75, 3.05) is 38.1 Å². The van der Waals surface area contributed by atoms with Gasteiger partial charge in [-0.15, -0.1) is 0 Å². The quantitative estimate of drug-likeness (QED) is 0.838. The summed E-state index contributed by atoms with van der Waals surface area (Å²) in [6.45, 7) is 6.07. The average Bonchev–Trinajstić information content (AvgIpc) is 3.12. The lowest BCUT2D eigenvalue weighted by Crippen LogP contribution is -2.44. The van der Waals surface area contributed by atoms with Gasteiger partial charge in [-0.3, -0.25) is 4.98 Å². The highest BCUT2D eigenvalue weighted by Gasteiger charge is 2.18. The summed E-state index contributed by atoms with van der Waals surface area (Å²) in [7, 11) is 2.15. The number of piperazine rings is 1. The van der Waals surface area contributed by atoms with Gasteiger partial charge in [0.2, 0.25) is 0 Å². The van der Waals surface area contributed by atoms with Gasteiger partial charge in [0, 0.05) is 57.1 Å². The number of hydrazine groups is 1. The third-order valence-corrected chi connectivity index (χ3v) is 4.86. The van der Waals surface area contributed by atoms with Crippen molar-refractivity contribution in [2.24, 2.45) is 4.99 Å². The Morgan fingerprint density at radius 3 is 2.75 bits per heavy atom. The van der Waals surface area contributed by atoms with E-state index in [-0.39, 0.29) is 0 Å². The largest absolute Gasteiger partial charge is 0.354 e. The van der Waals surface area contributed by atoms with E-state index in [2.05, 4.69) is 44.6 Å². The van der Waals surface area contributed by atoms with E-state index in [1.165, 1.54) is 0 Å². The molecule has 0 spiro atoms. The molecule has 0 radical (unpaired) electrons. The van der Waals surface area contributed by atoms with Gasteiger partial charge in [0.25, 0.3) is 0 Å². The highest BCUT2D eigenvalue weighted by Crippen LogP contribution is 2.21. The fourth-order valence-corrected chi connectivity index (χ4v) is 3.22. The summed E-state index contributed by atoms with van der Waals surface area (Å²) in [5, 5.41) is 0. The number of hydrogen-bond acceptors (Lipinski definition) is 7. The smallest absolute Gasteiger partial charge is 0.160 e. The van der Waals surface area contributed by atoms with Gasteiger partial charge in [0.05, 0.1) is 0 Å². The van der Waals surface area contributed by atoms with Crippen molar-refractivity contribution in [3.63, 3.8) is 0 Å². The van der Waals surface area contributed by atoms with Gasteiger partial charge in [-0.05, 0) is 37.8 Å². The van der Waals surface area contributed by atoms with E-state index in [9.17, 15) is 0 Å². The molecule has 146 valence electrons. The van der Waals surface area contributed by atoms with Crippen molar-refractivity contribution in [2.45, 2.75) is 19.4 Å². The van der Waals surface area contributed by atoms with Crippen molar-refractivity contribution in [1.82, 2.24) is 30.7 Å². The van der Waals surface area contributed by atoms with Crippen LogP contribution in [0.5, 0.6) is 0 Å². The Labute approximate surface area is 165 Å². The number of amidine groups is 1. The Kier molecular flexibility index (Phi) is 5.59. The molecular weight excluding hydrogens is 352 g/mol. The van der Waals surface area contributed by atoms with Crippen LogP contribution in [-0.4, -0.2) is 65.0 Å². The van der Waals surface area contributed by atoms with Gasteiger partial charge in [-0.1, -0.05) is 6.07 Å². The third kappa shape index (κ3) is 4.71. The third-order valence-electron chi connectivity index (χ3n) is 4.86. The maximum atomic E-state index is 4.77. The summed E-state index contributed by atoms with van der Waals surface area (Å²) < 4.78 is 0. The Morgan fingerprint density at radius 2 is 2.04 bits per heavy atom. The van der Waals surface area contributed by atoms with Crippen molar-refractivity contribution >= 4 is 29.6 Å². The number of nitrogens with one attached hydrogen (secondary N) is 2. The number of likely N-dealkylation sites (N-methyl/N-ethyl adjacent to an activating group) is 1. The summed E-state index contributed by atoms with van der Waals surface area (Å²) in [5.74, 6) is 3.15. The molecule has 0 aliphatic carbocycles. The van der Waals surface area contributed by atoms with E-state index in [0.717, 1.165) is 49.8 Å². The first-order valence-corrected chi connectivity index (χ1v) is 9.65. The molecule has 1 unspecified atom stereocenters. The highest BCUT2D eigenvalue weighted by molar-refractivity contribution is 5.86. The van der Waals surface area contributed by atoms with Crippen molar-refractivity contribution in [1.29, 1.82) is 0 Å². The zero-order chi connectivity index (χ0) is 19.3. The van der Waals surface area contributed by atoms with E-state index in [0.29, 0.717) is 17.7 Å². The fraction of sp³-hybridized carbons (Fsp3) is 0.400. The molecule has 8 heteroatoms. The second kappa shape index (κ2) is 8.45. The maximum Gasteiger partial charge on any atom is 0.160 e. The van der Waals surface area contributed by atoms with Gasteiger partial charge in [0.1, 0.15) is 11.7 Å². The minimum absolute atomic E-state index is 0.364. The second-order valence-electron chi connectivity index (χ2n) is 7.29. The lowest BCUT2D eigenvalue weighted by molar-refractivity contribution is 0.312. The predicted molar refractivity (Wildman–Crippen MR) is 112 cm³/mol. The van der Waals surface area contributed by atoms with Crippen LogP contribution in [0.4, 0.5) is 11.6 Å². The molecule has 0 saturated carbocycles. The number of hydrogen-bond donors (Lipinski definition) is 2. The molecule has 2 aliphatic rings. The molecule has 2 fully saturated rings. The van der Waals surface area contributed by atoms with Crippen LogP contribution in [0.2, 0.25) is 0 Å². The van der Waals surface area contributed by atoms with Gasteiger partial charge in [-0.2, -0.15) is 0 Å². The molecule has 4 heterocycles. The average molecular weight is 378 g/mol. The molecule has 2 aromatic rings. The van der Waals surface area contributed by atoms with E-state index in [1.54, 1.807) is 6.20 Å². The molecule has 8 nitrogen and oxygen atoms in total. The monoisotopic (exact) mass is 378 g/mol. The van der Waals surface area contributed by atoms with E-state index in [1.807, 2.05) is 36.5 Å². The van der Waals surface area contributed by atoms with E-state index >= 15 is 0 Å². The topological polar surface area (TPSA) is 81.6 Å². The second-order valence-corrected chi connectivity index (χ2v) is 7.29. The molecular formula is C20H26N8. The van der Waals surface area contributed by atoms with Crippen LogP contribution in [-0.2, 0) is 0 Å². The summed E-state index contributed by atoms with van der Waals surface area (Å²) in [6.07, 6.45) is 8.33. The Hall–Kier alpha value is -2.84. The summed E-state index contributed by atoms with van der Waals surface area (Å²) in [4.78, 5) is 22.9. The van der Waals surface area contributed by atoms with Gasteiger partial charge in [-0.25, -0.2) is 20.4 Å². The number of anilines is 1. The minimum Gasteiger partial charge on any atom is -0.354 e. The van der Waals surface area contributed by atoms with Gasteiger partial charge < -0.3 is 15.2 Å². The Morgan fingerprint density at radius 1 is 1.18 bits per heavy atom. The molecule has 2 N–H and O–H groups in total. The first-order chi connectivity index (χ1) is 13.7. The molecule has 1 atom stereocenters. The number of rotatable bonds is 4. The molecule has 2 saturated heterocycles. The molecule has 4 rings (SSSR count). The molecule has 2 aromatic heterocycles. The van der Waals surface area contributed by atoms with Crippen LogP contribution in [0.25, 0.3) is 12.2 Å². The highest BCUT2D eigenvalue weighted by atomic mass is 15.4. The van der Waals surface area contributed by atoms with Crippen LogP contribution in [0.1, 0.15) is 24.7 Å². The minimum atomic E-state index is 0.364. The maximum absolute atomic E-state index is 4.77. The van der Waals surface area contributed by atoms with Crippen LogP contribution in [0, 0.1) is 0 Å². The number of nitrogens with zero attached hydrogens (tertiary/aromatic N) is 6. The Balaban J connectivity index is 1.63. The van der Waals surface area contributed by atoms with Gasteiger partial charge in [0.15, 0.2) is 11.6 Å². The molecule has 28 heavy (non-hydrogen) atoms. The zero-order valence-electron chi connectivity index (χ0n) is 16.3. The molecule has 0 amide bonds. The Bertz CT molecular complexity index is 856. The predicted octanol–water partition coefficient (Wildman–Crippen LogP) is 1.71. The molecule has 2 aliphatic heterocycles. The first-order valence-electron chi connectivity index (χ1n) is 9.65. The fourth-order valence-electron chi connectivity index (χ4n) is 3.22. The number of aliphatic imine (C=N–C) groups is 1. The first kappa shape index (κ1) is 18.5. The van der Waals surface area contributed by atoms with Crippen LogP contribution in [0.3, 0.4) is 0 Å². The van der Waals surface area contributed by atoms with Crippen molar-refractivity contribution in [3.05, 3.63) is 42.0 Å². The number of pyridine rings is 1. The van der Waals surface area contributed by atoms with Crippen LogP contribution < -0.4 is 15.8 Å². The number of aromatic nitrogens is 3. The normalized spacial score (nSPS) is 22.1. The SMILES string of the molecule is CC1CC(=Nc2cc(N3CCN(C)CC3)nc(/C=C/c3cccnc3)n2)NN1. The van der Waals surface area contributed by atoms with Crippen molar-refractivity contribution < 1.29 is 0 Å². The zero-order valence-corrected chi connectivity index (χ0v) is 16.3. The summed E-state index contributed by atoms with van der Waals surface area (Å²) in [6, 6.07) is 6.26. The van der Waals surface area contributed by atoms with Crippen LogP contribution >= 0.6 is 0 Å². The van der Waals surface area contributed by atoms with E-state index < -0.39 is 0 Å². The summed E-state index contributed by atoms with van der Waals surface area (Å²) in [5.41, 5.74) is 7.32. The standard InChI is InChI=1S/C20H26N8/c1-15-12-19(26-25-15)23-18-13-20(28-10-8-27(2)9-11-28)24-17(22-18)6-5-16-4-3-7-21-14-16/h3-7,13-15,25H,8-12H2,1-2H3,(H,22,23,24,26)/b6-5+. The lowest BCUT2D eigenvalue weighted by Gasteiger charge is -2.33. The molecule has 0 bridgehead atoms. The summed E-state index contributed by atoms with van der Waals surface area (Å²) >= 11 is 0.